The van der Waals surface area contributed by atoms with Gasteiger partial charge in [-0.15, -0.1) is 0 Å². The molecule has 0 N–H and O–H groups in total. The topological polar surface area (TPSA) is 97.4 Å². The monoisotopic (exact) mass is 346 g/mol. The van der Waals surface area contributed by atoms with Crippen molar-refractivity contribution >= 4 is 17.9 Å². The lowest BCUT2D eigenvalue weighted by molar-refractivity contribution is -0.299. The van der Waals surface area contributed by atoms with Gasteiger partial charge in [-0.25, -0.2) is 0 Å². The third-order valence-corrected chi connectivity index (χ3v) is 3.57. The van der Waals surface area contributed by atoms with Crippen molar-refractivity contribution < 1.29 is 38.1 Å². The fourth-order valence-electron chi connectivity index (χ4n) is 2.68. The molecule has 0 spiro atoms. The van der Waals surface area contributed by atoms with Crippen molar-refractivity contribution in [2.45, 2.75) is 77.7 Å². The van der Waals surface area contributed by atoms with Gasteiger partial charge >= 0.3 is 17.9 Å². The summed E-state index contributed by atoms with van der Waals surface area (Å²) in [6.07, 6.45) is -2.05. The van der Waals surface area contributed by atoms with Crippen molar-refractivity contribution in [2.24, 2.45) is 0 Å². The molecule has 0 aromatic rings. The molecule has 0 amide bonds. The molecule has 0 radical (unpaired) electrons. The Balaban J connectivity index is 3.15. The Kier molecular flexibility index (Phi) is 8.14. The Morgan fingerprint density at radius 3 is 1.83 bits per heavy atom. The van der Waals surface area contributed by atoms with Crippen LogP contribution in [0, 0.1) is 0 Å². The number of methoxy groups -OCH3 is 1. The first-order valence-corrected chi connectivity index (χ1v) is 8.00. The maximum absolute atomic E-state index is 11.5. The van der Waals surface area contributed by atoms with Crippen LogP contribution in [0.4, 0.5) is 0 Å². The summed E-state index contributed by atoms with van der Waals surface area (Å²) < 4.78 is 26.9. The number of carbonyl (C=O) groups excluding carboxylic acids is 3. The molecule has 138 valence electrons. The average molecular weight is 346 g/mol. The summed E-state index contributed by atoms with van der Waals surface area (Å²) in [5, 5.41) is 0. The zero-order valence-electron chi connectivity index (χ0n) is 14.8. The average Bonchev–Trinajstić information content (AvgIpc) is 2.48. The fourth-order valence-corrected chi connectivity index (χ4v) is 2.68. The molecule has 0 bridgehead atoms. The van der Waals surface area contributed by atoms with E-state index in [2.05, 4.69) is 0 Å². The third kappa shape index (κ3) is 5.76. The van der Waals surface area contributed by atoms with E-state index in [1.54, 1.807) is 0 Å². The van der Waals surface area contributed by atoms with Gasteiger partial charge in [-0.05, 0) is 6.42 Å². The summed E-state index contributed by atoms with van der Waals surface area (Å²) in [7, 11) is 1.40. The molecule has 0 aromatic carbocycles. The van der Waals surface area contributed by atoms with Crippen molar-refractivity contribution in [3.05, 3.63) is 0 Å². The smallest absolute Gasteiger partial charge is 0.303 e. The SMILES string of the molecule is CCCC[C@H]1O[C@H](OC)[C@H](OC(C)=O)[C@@H](OC(C)=O)[C@@H]1OC(C)=O. The lowest BCUT2D eigenvalue weighted by Gasteiger charge is -2.44. The van der Waals surface area contributed by atoms with Crippen LogP contribution in [0.3, 0.4) is 0 Å². The van der Waals surface area contributed by atoms with E-state index in [1.165, 1.54) is 27.9 Å². The minimum absolute atomic E-state index is 0.532. The molecule has 1 saturated heterocycles. The molecule has 1 rings (SSSR count). The molecule has 8 nitrogen and oxygen atoms in total. The highest BCUT2D eigenvalue weighted by Crippen LogP contribution is 2.31. The minimum atomic E-state index is -1.03. The molecule has 1 aliphatic heterocycles. The number of carbonyl (C=O) groups is 3. The molecule has 0 saturated carbocycles. The lowest BCUT2D eigenvalue weighted by atomic mass is 9.94. The van der Waals surface area contributed by atoms with Crippen molar-refractivity contribution in [3.8, 4) is 0 Å². The van der Waals surface area contributed by atoms with Gasteiger partial charge < -0.3 is 23.7 Å². The van der Waals surface area contributed by atoms with Crippen LogP contribution < -0.4 is 0 Å². The summed E-state index contributed by atoms with van der Waals surface area (Å²) in [6.45, 7) is 5.73. The zero-order chi connectivity index (χ0) is 18.3. The fraction of sp³-hybridized carbons (Fsp3) is 0.812. The molecule has 24 heavy (non-hydrogen) atoms. The number of hydrogen-bond acceptors (Lipinski definition) is 8. The predicted octanol–water partition coefficient (Wildman–Crippen LogP) is 1.34. The number of ether oxygens (including phenoxy) is 5. The number of hydrogen-bond donors (Lipinski definition) is 0. The van der Waals surface area contributed by atoms with E-state index in [0.29, 0.717) is 6.42 Å². The van der Waals surface area contributed by atoms with Crippen LogP contribution in [0.25, 0.3) is 0 Å². The van der Waals surface area contributed by atoms with Crippen LogP contribution >= 0.6 is 0 Å². The summed E-state index contributed by atoms with van der Waals surface area (Å²) >= 11 is 0. The van der Waals surface area contributed by atoms with E-state index in [1.807, 2.05) is 6.92 Å². The molecule has 1 fully saturated rings. The van der Waals surface area contributed by atoms with E-state index < -0.39 is 48.6 Å². The Hall–Kier alpha value is -1.67. The van der Waals surface area contributed by atoms with E-state index in [0.717, 1.165) is 12.8 Å². The Morgan fingerprint density at radius 2 is 1.38 bits per heavy atom. The third-order valence-electron chi connectivity index (χ3n) is 3.57. The van der Waals surface area contributed by atoms with Gasteiger partial charge in [-0.1, -0.05) is 19.8 Å². The highest BCUT2D eigenvalue weighted by atomic mass is 16.7. The molecular formula is C16H26O8. The van der Waals surface area contributed by atoms with Gasteiger partial charge in [-0.3, -0.25) is 14.4 Å². The maximum atomic E-state index is 11.5. The first-order valence-electron chi connectivity index (χ1n) is 8.00. The molecule has 1 heterocycles. The van der Waals surface area contributed by atoms with Gasteiger partial charge in [0, 0.05) is 27.9 Å². The first-order chi connectivity index (χ1) is 11.3. The van der Waals surface area contributed by atoms with E-state index in [-0.39, 0.29) is 0 Å². The zero-order valence-corrected chi connectivity index (χ0v) is 14.8. The normalized spacial score (nSPS) is 29.6. The first kappa shape index (κ1) is 20.4. The summed E-state index contributed by atoms with van der Waals surface area (Å²) in [6, 6.07) is 0. The second kappa shape index (κ2) is 9.58. The van der Waals surface area contributed by atoms with Gasteiger partial charge in [0.25, 0.3) is 0 Å². The lowest BCUT2D eigenvalue weighted by Crippen LogP contribution is -2.61. The van der Waals surface area contributed by atoms with Gasteiger partial charge in [0.05, 0.1) is 0 Å². The van der Waals surface area contributed by atoms with Crippen molar-refractivity contribution in [1.29, 1.82) is 0 Å². The van der Waals surface area contributed by atoms with Crippen LogP contribution in [0.2, 0.25) is 0 Å². The second-order valence-electron chi connectivity index (χ2n) is 5.64. The van der Waals surface area contributed by atoms with Crippen molar-refractivity contribution in [2.75, 3.05) is 7.11 Å². The van der Waals surface area contributed by atoms with Crippen LogP contribution in [0.5, 0.6) is 0 Å². The standard InChI is InChI=1S/C16H26O8/c1-6-7-8-12-13(21-9(2)17)14(22-10(3)18)15(23-11(4)19)16(20-5)24-12/h12-16H,6-8H2,1-5H3/t12-,13-,14+,15-,16+/m1/s1. The largest absolute Gasteiger partial charge is 0.456 e. The highest BCUT2D eigenvalue weighted by Gasteiger charge is 2.51. The van der Waals surface area contributed by atoms with Crippen LogP contribution in [0.15, 0.2) is 0 Å². The van der Waals surface area contributed by atoms with Crippen molar-refractivity contribution in [1.82, 2.24) is 0 Å². The molecule has 8 heteroatoms. The Morgan fingerprint density at radius 1 is 0.875 bits per heavy atom. The van der Waals surface area contributed by atoms with E-state index in [4.69, 9.17) is 23.7 Å². The Bertz CT molecular complexity index is 449. The molecule has 0 aromatic heterocycles. The minimum Gasteiger partial charge on any atom is -0.456 e. The number of unbranched alkanes of at least 4 members (excludes halogenated alkanes) is 1. The Labute approximate surface area is 141 Å². The second-order valence-corrected chi connectivity index (χ2v) is 5.64. The molecule has 1 aliphatic rings. The molecule has 0 unspecified atom stereocenters. The van der Waals surface area contributed by atoms with E-state index in [9.17, 15) is 14.4 Å². The number of rotatable bonds is 7. The van der Waals surface area contributed by atoms with Crippen LogP contribution in [0.1, 0.15) is 47.0 Å². The highest BCUT2D eigenvalue weighted by molar-refractivity contribution is 5.68. The summed E-state index contributed by atoms with van der Waals surface area (Å²) in [5.41, 5.74) is 0. The van der Waals surface area contributed by atoms with Gasteiger partial charge in [-0.2, -0.15) is 0 Å². The molecule has 0 aliphatic carbocycles. The maximum Gasteiger partial charge on any atom is 0.303 e. The predicted molar refractivity (Wildman–Crippen MR) is 81.9 cm³/mol. The van der Waals surface area contributed by atoms with Crippen LogP contribution in [-0.4, -0.2) is 55.7 Å². The molecule has 5 atom stereocenters. The van der Waals surface area contributed by atoms with Crippen LogP contribution in [-0.2, 0) is 38.1 Å². The van der Waals surface area contributed by atoms with Gasteiger partial charge in [0.1, 0.15) is 6.10 Å². The van der Waals surface area contributed by atoms with Gasteiger partial charge in [0.2, 0.25) is 0 Å². The summed E-state index contributed by atoms with van der Waals surface area (Å²) in [4.78, 5) is 34.4. The summed E-state index contributed by atoms with van der Waals surface area (Å²) in [5.74, 6) is -1.71. The quantitative estimate of drug-likeness (QED) is 0.503. The van der Waals surface area contributed by atoms with Gasteiger partial charge in [0.15, 0.2) is 24.6 Å². The van der Waals surface area contributed by atoms with Crippen molar-refractivity contribution in [3.63, 3.8) is 0 Å². The molecular weight excluding hydrogens is 320 g/mol. The van der Waals surface area contributed by atoms with E-state index >= 15 is 0 Å². The number of esters is 3.